The van der Waals surface area contributed by atoms with Crippen LogP contribution in [-0.4, -0.2) is 5.11 Å². The number of fused-ring (bicyclic) bond motifs is 1. The number of rotatable bonds is 3. The van der Waals surface area contributed by atoms with E-state index in [2.05, 4.69) is 42.5 Å². The molecular formula is C18H16O. The molecular weight excluding hydrogens is 232 g/mol. The summed E-state index contributed by atoms with van der Waals surface area (Å²) in [6.45, 7) is 0. The van der Waals surface area contributed by atoms with Crippen LogP contribution >= 0.6 is 0 Å². The Hall–Kier alpha value is -2.28. The highest BCUT2D eigenvalue weighted by Crippen LogP contribution is 2.20. The van der Waals surface area contributed by atoms with Crippen molar-refractivity contribution in [1.29, 1.82) is 0 Å². The fourth-order valence-corrected chi connectivity index (χ4v) is 2.45. The number of hydrogen-bond acceptors (Lipinski definition) is 1. The molecule has 94 valence electrons. The normalized spacial score (nSPS) is 10.7. The summed E-state index contributed by atoms with van der Waals surface area (Å²) in [7, 11) is 0. The van der Waals surface area contributed by atoms with Crippen LogP contribution in [0.5, 0.6) is 5.75 Å². The fourth-order valence-electron chi connectivity index (χ4n) is 2.45. The van der Waals surface area contributed by atoms with E-state index in [0.717, 1.165) is 12.8 Å². The van der Waals surface area contributed by atoms with Crippen molar-refractivity contribution in [3.05, 3.63) is 77.9 Å². The number of phenols is 1. The summed E-state index contributed by atoms with van der Waals surface area (Å²) in [6.07, 6.45) is 2.01. The molecule has 0 aromatic heterocycles. The maximum Gasteiger partial charge on any atom is 0.115 e. The molecule has 0 aliphatic carbocycles. The largest absolute Gasteiger partial charge is 0.508 e. The van der Waals surface area contributed by atoms with Crippen LogP contribution in [0.1, 0.15) is 11.1 Å². The maximum atomic E-state index is 9.28. The lowest BCUT2D eigenvalue weighted by molar-refractivity contribution is 0.475. The SMILES string of the molecule is Oc1ccc(CCc2cccc3ccccc23)cc1. The van der Waals surface area contributed by atoms with Gasteiger partial charge in [-0.15, -0.1) is 0 Å². The summed E-state index contributed by atoms with van der Waals surface area (Å²) >= 11 is 0. The Morgan fingerprint density at radius 2 is 1.42 bits per heavy atom. The van der Waals surface area contributed by atoms with E-state index in [4.69, 9.17) is 0 Å². The van der Waals surface area contributed by atoms with Gasteiger partial charge >= 0.3 is 0 Å². The first-order valence-corrected chi connectivity index (χ1v) is 6.57. The van der Waals surface area contributed by atoms with Crippen LogP contribution in [0.15, 0.2) is 66.7 Å². The van der Waals surface area contributed by atoms with Crippen molar-refractivity contribution in [2.24, 2.45) is 0 Å². The molecule has 0 bridgehead atoms. The van der Waals surface area contributed by atoms with Gasteiger partial charge in [0.25, 0.3) is 0 Å². The predicted molar refractivity (Wildman–Crippen MR) is 79.5 cm³/mol. The quantitative estimate of drug-likeness (QED) is 0.731. The van der Waals surface area contributed by atoms with Crippen LogP contribution < -0.4 is 0 Å². The second-order valence-corrected chi connectivity index (χ2v) is 4.80. The van der Waals surface area contributed by atoms with Crippen molar-refractivity contribution in [2.75, 3.05) is 0 Å². The lowest BCUT2D eigenvalue weighted by Gasteiger charge is -2.06. The van der Waals surface area contributed by atoms with E-state index in [0.29, 0.717) is 5.75 Å². The molecule has 0 fully saturated rings. The molecule has 1 heteroatoms. The molecule has 0 amide bonds. The van der Waals surface area contributed by atoms with Crippen LogP contribution in [-0.2, 0) is 12.8 Å². The van der Waals surface area contributed by atoms with E-state index in [-0.39, 0.29) is 0 Å². The Bertz CT molecular complexity index is 678. The van der Waals surface area contributed by atoms with Crippen molar-refractivity contribution >= 4 is 10.8 Å². The summed E-state index contributed by atoms with van der Waals surface area (Å²) in [5.41, 5.74) is 2.64. The lowest BCUT2D eigenvalue weighted by atomic mass is 9.99. The topological polar surface area (TPSA) is 20.2 Å². The van der Waals surface area contributed by atoms with Gasteiger partial charge < -0.3 is 5.11 Å². The molecule has 1 nitrogen and oxygen atoms in total. The van der Waals surface area contributed by atoms with Crippen LogP contribution in [0.25, 0.3) is 10.8 Å². The summed E-state index contributed by atoms with van der Waals surface area (Å²) < 4.78 is 0. The van der Waals surface area contributed by atoms with Gasteiger partial charge in [-0.2, -0.15) is 0 Å². The highest BCUT2D eigenvalue weighted by molar-refractivity contribution is 5.85. The minimum Gasteiger partial charge on any atom is -0.508 e. The zero-order valence-electron chi connectivity index (χ0n) is 10.7. The molecule has 0 atom stereocenters. The number of aryl methyl sites for hydroxylation is 2. The third kappa shape index (κ3) is 2.60. The van der Waals surface area contributed by atoms with Gasteiger partial charge in [0, 0.05) is 0 Å². The molecule has 0 unspecified atom stereocenters. The Balaban J connectivity index is 1.84. The van der Waals surface area contributed by atoms with Gasteiger partial charge in [-0.1, -0.05) is 54.6 Å². The molecule has 0 aliphatic rings. The summed E-state index contributed by atoms with van der Waals surface area (Å²) in [6, 6.07) is 22.4. The van der Waals surface area contributed by atoms with Crippen LogP contribution in [0.3, 0.4) is 0 Å². The second kappa shape index (κ2) is 5.15. The van der Waals surface area contributed by atoms with E-state index in [1.165, 1.54) is 21.9 Å². The number of phenolic OH excluding ortho intramolecular Hbond substituents is 1. The third-order valence-electron chi connectivity index (χ3n) is 3.50. The molecule has 0 radical (unpaired) electrons. The average Bonchev–Trinajstić information content (AvgIpc) is 2.47. The van der Waals surface area contributed by atoms with Crippen LogP contribution in [0.2, 0.25) is 0 Å². The molecule has 0 saturated heterocycles. The number of hydrogen-bond donors (Lipinski definition) is 1. The van der Waals surface area contributed by atoms with E-state index >= 15 is 0 Å². The highest BCUT2D eigenvalue weighted by Gasteiger charge is 2.01. The fraction of sp³-hybridized carbons (Fsp3) is 0.111. The van der Waals surface area contributed by atoms with E-state index in [9.17, 15) is 5.11 Å². The standard InChI is InChI=1S/C18H16O/c19-17-12-9-14(10-13-17)8-11-16-6-3-5-15-4-1-2-7-18(15)16/h1-7,9-10,12-13,19H,8,11H2. The smallest absolute Gasteiger partial charge is 0.115 e. The first-order chi connectivity index (χ1) is 9.33. The Kier molecular flexibility index (Phi) is 3.20. The zero-order valence-corrected chi connectivity index (χ0v) is 10.7. The molecule has 3 aromatic carbocycles. The maximum absolute atomic E-state index is 9.28. The number of aromatic hydroxyl groups is 1. The van der Waals surface area contributed by atoms with Gasteiger partial charge in [0.15, 0.2) is 0 Å². The molecule has 0 saturated carbocycles. The molecule has 0 heterocycles. The summed E-state index contributed by atoms with van der Waals surface area (Å²) in [5.74, 6) is 0.328. The van der Waals surface area contributed by atoms with Gasteiger partial charge in [-0.05, 0) is 46.9 Å². The van der Waals surface area contributed by atoms with E-state index in [1.54, 1.807) is 12.1 Å². The molecule has 0 aliphatic heterocycles. The average molecular weight is 248 g/mol. The van der Waals surface area contributed by atoms with Gasteiger partial charge in [-0.3, -0.25) is 0 Å². The number of benzene rings is 3. The molecule has 19 heavy (non-hydrogen) atoms. The molecule has 0 spiro atoms. The summed E-state index contributed by atoms with van der Waals surface area (Å²) in [5, 5.41) is 11.9. The predicted octanol–water partition coefficient (Wildman–Crippen LogP) is 4.33. The highest BCUT2D eigenvalue weighted by atomic mass is 16.3. The van der Waals surface area contributed by atoms with Gasteiger partial charge in [0.1, 0.15) is 5.75 Å². The second-order valence-electron chi connectivity index (χ2n) is 4.80. The van der Waals surface area contributed by atoms with Crippen LogP contribution in [0, 0.1) is 0 Å². The minimum absolute atomic E-state index is 0.328. The Morgan fingerprint density at radius 1 is 0.684 bits per heavy atom. The zero-order chi connectivity index (χ0) is 13.1. The molecule has 3 rings (SSSR count). The van der Waals surface area contributed by atoms with Crippen molar-refractivity contribution in [3.63, 3.8) is 0 Å². The van der Waals surface area contributed by atoms with Crippen LogP contribution in [0.4, 0.5) is 0 Å². The third-order valence-corrected chi connectivity index (χ3v) is 3.50. The first kappa shape index (κ1) is 11.8. The molecule has 1 N–H and O–H groups in total. The summed E-state index contributed by atoms with van der Waals surface area (Å²) in [4.78, 5) is 0. The van der Waals surface area contributed by atoms with Gasteiger partial charge in [0.05, 0.1) is 0 Å². The monoisotopic (exact) mass is 248 g/mol. The lowest BCUT2D eigenvalue weighted by Crippen LogP contribution is -1.92. The van der Waals surface area contributed by atoms with Crippen molar-refractivity contribution in [2.45, 2.75) is 12.8 Å². The van der Waals surface area contributed by atoms with Crippen molar-refractivity contribution in [1.82, 2.24) is 0 Å². The van der Waals surface area contributed by atoms with E-state index in [1.807, 2.05) is 12.1 Å². The van der Waals surface area contributed by atoms with E-state index < -0.39 is 0 Å². The van der Waals surface area contributed by atoms with Crippen molar-refractivity contribution < 1.29 is 5.11 Å². The Morgan fingerprint density at radius 3 is 2.26 bits per heavy atom. The van der Waals surface area contributed by atoms with Crippen molar-refractivity contribution in [3.8, 4) is 5.75 Å². The minimum atomic E-state index is 0.328. The van der Waals surface area contributed by atoms with Gasteiger partial charge in [-0.25, -0.2) is 0 Å². The van der Waals surface area contributed by atoms with Gasteiger partial charge in [0.2, 0.25) is 0 Å². The Labute approximate surface area is 113 Å². The molecule has 3 aromatic rings. The first-order valence-electron chi connectivity index (χ1n) is 6.57.